The Balaban J connectivity index is 2.65. The van der Waals surface area contributed by atoms with Crippen LogP contribution < -0.4 is 20.1 Å². The minimum absolute atomic E-state index is 0.0332. The van der Waals surface area contributed by atoms with Crippen LogP contribution in [0.1, 0.15) is 52.7 Å². The van der Waals surface area contributed by atoms with Gasteiger partial charge in [0.05, 0.1) is 14.2 Å². The monoisotopic (exact) mass is 373 g/mol. The van der Waals surface area contributed by atoms with Gasteiger partial charge in [0, 0.05) is 0 Å². The third kappa shape index (κ3) is 4.27. The lowest BCUT2D eigenvalue weighted by atomic mass is 9.87. The van der Waals surface area contributed by atoms with E-state index in [9.17, 15) is 4.57 Å². The molecule has 0 bridgehead atoms. The Kier molecular flexibility index (Phi) is 5.82. The van der Waals surface area contributed by atoms with Gasteiger partial charge in [-0.15, -0.1) is 0 Å². The number of benzene rings is 2. The van der Waals surface area contributed by atoms with Crippen molar-refractivity contribution < 1.29 is 14.0 Å². The molecule has 0 aliphatic heterocycles. The highest BCUT2D eigenvalue weighted by Crippen LogP contribution is 2.34. The molecule has 4 heteroatoms. The Bertz CT molecular complexity index is 744. The van der Waals surface area contributed by atoms with Crippen LogP contribution in [0.15, 0.2) is 36.4 Å². The fourth-order valence-electron chi connectivity index (χ4n) is 2.76. The number of rotatable bonds is 4. The van der Waals surface area contributed by atoms with Gasteiger partial charge in [-0.3, -0.25) is 0 Å². The molecule has 0 aromatic heterocycles. The topological polar surface area (TPSA) is 35.5 Å². The molecule has 2 aromatic rings. The fourth-order valence-corrected chi connectivity index (χ4v) is 4.26. The molecule has 140 valence electrons. The number of hydrogen-bond acceptors (Lipinski definition) is 3. The maximum absolute atomic E-state index is 13.6. The molecule has 0 fully saturated rings. The first kappa shape index (κ1) is 20.5. The van der Waals surface area contributed by atoms with Crippen molar-refractivity contribution in [2.75, 3.05) is 14.2 Å². The van der Waals surface area contributed by atoms with Crippen molar-refractivity contribution in [2.45, 2.75) is 52.4 Å². The minimum atomic E-state index is -1.85. The van der Waals surface area contributed by atoms with E-state index in [2.05, 4.69) is 41.5 Å². The molecule has 2 aromatic carbocycles. The number of hydrogen-bond donors (Lipinski definition) is 0. The molecule has 0 heterocycles. The Morgan fingerprint density at radius 1 is 0.692 bits per heavy atom. The SMILES string of the molecule is COc1ccc(C(C)(C)C)cc1[P+](=O)c1cc(C(C)(C)C)ccc1OC. The van der Waals surface area contributed by atoms with Gasteiger partial charge in [0.25, 0.3) is 0 Å². The quantitative estimate of drug-likeness (QED) is 0.702. The summed E-state index contributed by atoms with van der Waals surface area (Å²) in [5, 5.41) is 1.42. The summed E-state index contributed by atoms with van der Waals surface area (Å²) in [5.74, 6) is 1.28. The van der Waals surface area contributed by atoms with Crippen LogP contribution in [0.4, 0.5) is 0 Å². The van der Waals surface area contributed by atoms with Crippen LogP contribution in [0.3, 0.4) is 0 Å². The van der Waals surface area contributed by atoms with E-state index in [1.165, 1.54) is 0 Å². The normalized spacial score (nSPS) is 12.0. The summed E-state index contributed by atoms with van der Waals surface area (Å²) in [6.07, 6.45) is 0. The van der Waals surface area contributed by atoms with E-state index < -0.39 is 7.80 Å². The van der Waals surface area contributed by atoms with E-state index in [-0.39, 0.29) is 10.8 Å². The predicted octanol–water partition coefficient (Wildman–Crippen LogP) is 5.08. The van der Waals surface area contributed by atoms with Crippen LogP contribution in [-0.2, 0) is 15.4 Å². The summed E-state index contributed by atoms with van der Waals surface area (Å²) in [4.78, 5) is 0. The van der Waals surface area contributed by atoms with Crippen LogP contribution in [0.25, 0.3) is 0 Å². The van der Waals surface area contributed by atoms with Gasteiger partial charge < -0.3 is 9.47 Å². The average molecular weight is 373 g/mol. The molecule has 0 saturated carbocycles. The maximum atomic E-state index is 13.6. The van der Waals surface area contributed by atoms with Gasteiger partial charge in [-0.2, -0.15) is 0 Å². The van der Waals surface area contributed by atoms with Gasteiger partial charge in [0.2, 0.25) is 10.6 Å². The standard InChI is InChI=1S/C22H30O3P/c1-21(2,3)15-9-11-17(24-7)19(13-15)26(23)20-14-16(22(4,5)6)10-12-18(20)25-8/h9-14H,1-8H3/q+1. The minimum Gasteiger partial charge on any atom is -0.492 e. The van der Waals surface area contributed by atoms with Crippen molar-refractivity contribution in [2.24, 2.45) is 0 Å². The molecule has 0 amide bonds. The van der Waals surface area contributed by atoms with Crippen LogP contribution in [-0.4, -0.2) is 14.2 Å². The van der Waals surface area contributed by atoms with Gasteiger partial charge in [-0.25, -0.2) is 0 Å². The lowest BCUT2D eigenvalue weighted by Gasteiger charge is -2.20. The molecule has 3 nitrogen and oxygen atoms in total. The van der Waals surface area contributed by atoms with Crippen molar-refractivity contribution in [1.82, 2.24) is 0 Å². The molecule has 0 atom stereocenters. The van der Waals surface area contributed by atoms with Gasteiger partial charge in [-0.05, 0) is 46.2 Å². The molecule has 0 spiro atoms. The highest BCUT2D eigenvalue weighted by atomic mass is 31.1. The molecule has 0 radical (unpaired) electrons. The van der Waals surface area contributed by atoms with Gasteiger partial charge >= 0.3 is 7.80 Å². The van der Waals surface area contributed by atoms with Crippen LogP contribution in [0.2, 0.25) is 0 Å². The van der Waals surface area contributed by atoms with Crippen LogP contribution >= 0.6 is 7.80 Å². The summed E-state index contributed by atoms with van der Waals surface area (Å²) >= 11 is 0. The molecular formula is C22H30O3P+. The third-order valence-electron chi connectivity index (χ3n) is 4.53. The Hall–Kier alpha value is -1.86. The zero-order valence-electron chi connectivity index (χ0n) is 17.1. The average Bonchev–Trinajstić information content (AvgIpc) is 2.58. The van der Waals surface area contributed by atoms with E-state index in [0.717, 1.165) is 11.1 Å². The van der Waals surface area contributed by atoms with Crippen molar-refractivity contribution in [3.8, 4) is 11.5 Å². The Labute approximate surface area is 158 Å². The molecule has 0 unspecified atom stereocenters. The maximum Gasteiger partial charge on any atom is 0.423 e. The summed E-state index contributed by atoms with van der Waals surface area (Å²) < 4.78 is 24.6. The second-order valence-corrected chi connectivity index (χ2v) is 10.1. The fraction of sp³-hybridized carbons (Fsp3) is 0.455. The number of ether oxygens (including phenoxy) is 2. The third-order valence-corrected chi connectivity index (χ3v) is 6.10. The number of methoxy groups -OCH3 is 2. The molecule has 26 heavy (non-hydrogen) atoms. The van der Waals surface area contributed by atoms with Crippen molar-refractivity contribution >= 4 is 18.4 Å². The predicted molar refractivity (Wildman–Crippen MR) is 110 cm³/mol. The van der Waals surface area contributed by atoms with Crippen LogP contribution in [0, 0.1) is 0 Å². The van der Waals surface area contributed by atoms with E-state index in [1.54, 1.807) is 14.2 Å². The molecule has 0 aliphatic carbocycles. The van der Waals surface area contributed by atoms with E-state index in [1.807, 2.05) is 36.4 Å². The Morgan fingerprint density at radius 3 is 1.31 bits per heavy atom. The molecular weight excluding hydrogens is 343 g/mol. The molecule has 0 saturated heterocycles. The van der Waals surface area contributed by atoms with Gasteiger partial charge in [-0.1, -0.05) is 58.2 Å². The van der Waals surface area contributed by atoms with Crippen molar-refractivity contribution in [3.63, 3.8) is 0 Å². The highest BCUT2D eigenvalue weighted by molar-refractivity contribution is 7.62. The van der Waals surface area contributed by atoms with Gasteiger partial charge in [0.1, 0.15) is 0 Å². The van der Waals surface area contributed by atoms with Crippen molar-refractivity contribution in [1.29, 1.82) is 0 Å². The largest absolute Gasteiger partial charge is 0.492 e. The smallest absolute Gasteiger partial charge is 0.423 e. The molecule has 0 N–H and O–H groups in total. The van der Waals surface area contributed by atoms with E-state index in [4.69, 9.17) is 9.47 Å². The zero-order valence-corrected chi connectivity index (χ0v) is 18.0. The first-order valence-corrected chi connectivity index (χ1v) is 10.1. The van der Waals surface area contributed by atoms with E-state index in [0.29, 0.717) is 22.1 Å². The first-order chi connectivity index (χ1) is 12.0. The zero-order chi connectivity index (χ0) is 19.7. The Morgan fingerprint density at radius 2 is 1.04 bits per heavy atom. The second-order valence-electron chi connectivity index (χ2n) is 8.57. The van der Waals surface area contributed by atoms with E-state index >= 15 is 0 Å². The molecule has 2 rings (SSSR count). The lowest BCUT2D eigenvalue weighted by Crippen LogP contribution is -2.19. The van der Waals surface area contributed by atoms with Crippen LogP contribution in [0.5, 0.6) is 11.5 Å². The van der Waals surface area contributed by atoms with Crippen molar-refractivity contribution in [3.05, 3.63) is 47.5 Å². The molecule has 0 aliphatic rings. The summed E-state index contributed by atoms with van der Waals surface area (Å²) in [7, 11) is 1.37. The summed E-state index contributed by atoms with van der Waals surface area (Å²) in [5.41, 5.74) is 2.19. The lowest BCUT2D eigenvalue weighted by molar-refractivity contribution is 0.416. The second kappa shape index (κ2) is 7.40. The first-order valence-electron chi connectivity index (χ1n) is 8.83. The highest BCUT2D eigenvalue weighted by Gasteiger charge is 2.34. The van der Waals surface area contributed by atoms with Gasteiger partial charge in [0.15, 0.2) is 11.5 Å². The summed E-state index contributed by atoms with van der Waals surface area (Å²) in [6, 6.07) is 11.9. The summed E-state index contributed by atoms with van der Waals surface area (Å²) in [6.45, 7) is 12.9.